The smallest absolute Gasteiger partial charge is 0.161 e. The minimum absolute atomic E-state index is 0.153. The standard InChI is InChI=1S/C18H21NO2/c1-12-4-5-14(10-13(12)2)18(19-3)15-6-7-16-17(11-15)21-9-8-20-16/h4-7,10-11,18-19H,8-9H2,1-3H3. The Morgan fingerprint density at radius 2 is 1.52 bits per heavy atom. The van der Waals surface area contributed by atoms with Gasteiger partial charge in [-0.3, -0.25) is 0 Å². The van der Waals surface area contributed by atoms with Gasteiger partial charge in [0.15, 0.2) is 11.5 Å². The highest BCUT2D eigenvalue weighted by Gasteiger charge is 2.17. The van der Waals surface area contributed by atoms with Crippen LogP contribution < -0.4 is 14.8 Å². The van der Waals surface area contributed by atoms with E-state index in [1.165, 1.54) is 22.3 Å². The van der Waals surface area contributed by atoms with Gasteiger partial charge in [-0.25, -0.2) is 0 Å². The molecule has 1 heterocycles. The zero-order valence-corrected chi connectivity index (χ0v) is 12.8. The molecule has 0 radical (unpaired) electrons. The van der Waals surface area contributed by atoms with Crippen LogP contribution in [-0.4, -0.2) is 20.3 Å². The van der Waals surface area contributed by atoms with E-state index in [2.05, 4.69) is 49.5 Å². The lowest BCUT2D eigenvalue weighted by Crippen LogP contribution is -2.19. The van der Waals surface area contributed by atoms with E-state index < -0.39 is 0 Å². The molecule has 0 aliphatic carbocycles. The Hall–Kier alpha value is -2.00. The topological polar surface area (TPSA) is 30.5 Å². The second-order valence-corrected chi connectivity index (χ2v) is 5.47. The summed E-state index contributed by atoms with van der Waals surface area (Å²) in [7, 11) is 1.98. The molecule has 0 fully saturated rings. The van der Waals surface area contributed by atoms with E-state index in [-0.39, 0.29) is 6.04 Å². The van der Waals surface area contributed by atoms with Crippen molar-refractivity contribution in [3.63, 3.8) is 0 Å². The predicted octanol–water partition coefficient (Wildman–Crippen LogP) is 3.38. The van der Waals surface area contributed by atoms with E-state index >= 15 is 0 Å². The average Bonchev–Trinajstić information content (AvgIpc) is 2.51. The maximum Gasteiger partial charge on any atom is 0.161 e. The first-order valence-electron chi connectivity index (χ1n) is 7.33. The van der Waals surface area contributed by atoms with E-state index in [1.54, 1.807) is 0 Å². The highest BCUT2D eigenvalue weighted by Crippen LogP contribution is 2.34. The second kappa shape index (κ2) is 5.78. The molecule has 3 heteroatoms. The second-order valence-electron chi connectivity index (χ2n) is 5.47. The number of benzene rings is 2. The molecule has 0 spiro atoms. The minimum Gasteiger partial charge on any atom is -0.486 e. The zero-order valence-electron chi connectivity index (χ0n) is 12.8. The number of rotatable bonds is 3. The fraction of sp³-hybridized carbons (Fsp3) is 0.333. The van der Waals surface area contributed by atoms with Gasteiger partial charge in [0.2, 0.25) is 0 Å². The van der Waals surface area contributed by atoms with Gasteiger partial charge in [-0.05, 0) is 55.3 Å². The van der Waals surface area contributed by atoms with Gasteiger partial charge in [-0.2, -0.15) is 0 Å². The average molecular weight is 283 g/mol. The van der Waals surface area contributed by atoms with E-state index in [0.717, 1.165) is 11.5 Å². The molecular formula is C18H21NO2. The van der Waals surface area contributed by atoms with Gasteiger partial charge in [0.05, 0.1) is 6.04 Å². The largest absolute Gasteiger partial charge is 0.486 e. The molecule has 2 aromatic carbocycles. The van der Waals surface area contributed by atoms with Crippen molar-refractivity contribution in [1.82, 2.24) is 5.32 Å². The Kier molecular flexibility index (Phi) is 3.84. The summed E-state index contributed by atoms with van der Waals surface area (Å²) in [6.07, 6.45) is 0. The highest BCUT2D eigenvalue weighted by atomic mass is 16.6. The molecule has 1 N–H and O–H groups in total. The summed E-state index contributed by atoms with van der Waals surface area (Å²) in [5, 5.41) is 3.39. The van der Waals surface area contributed by atoms with Gasteiger partial charge in [-0.15, -0.1) is 0 Å². The normalized spacial score (nSPS) is 14.8. The number of fused-ring (bicyclic) bond motifs is 1. The first kappa shape index (κ1) is 14.0. The summed E-state index contributed by atoms with van der Waals surface area (Å²) in [6.45, 7) is 5.52. The minimum atomic E-state index is 0.153. The quantitative estimate of drug-likeness (QED) is 0.936. The van der Waals surface area contributed by atoms with Crippen LogP contribution in [0.2, 0.25) is 0 Å². The van der Waals surface area contributed by atoms with Gasteiger partial charge in [-0.1, -0.05) is 24.3 Å². The first-order valence-corrected chi connectivity index (χ1v) is 7.33. The van der Waals surface area contributed by atoms with E-state index in [9.17, 15) is 0 Å². The van der Waals surface area contributed by atoms with Crippen LogP contribution in [0.3, 0.4) is 0 Å². The Labute approximate surface area is 125 Å². The Morgan fingerprint density at radius 3 is 2.24 bits per heavy atom. The van der Waals surface area contributed by atoms with Crippen LogP contribution in [0, 0.1) is 13.8 Å². The van der Waals surface area contributed by atoms with Crippen LogP contribution in [-0.2, 0) is 0 Å². The summed E-state index contributed by atoms with van der Waals surface area (Å²) < 4.78 is 11.3. The molecule has 0 saturated carbocycles. The maximum absolute atomic E-state index is 5.68. The maximum atomic E-state index is 5.68. The molecule has 0 saturated heterocycles. The fourth-order valence-corrected chi connectivity index (χ4v) is 2.71. The molecule has 1 aliphatic rings. The molecule has 0 bridgehead atoms. The molecule has 0 amide bonds. The van der Waals surface area contributed by atoms with Crippen LogP contribution in [0.1, 0.15) is 28.3 Å². The fourth-order valence-electron chi connectivity index (χ4n) is 2.71. The molecule has 0 aromatic heterocycles. The lowest BCUT2D eigenvalue weighted by molar-refractivity contribution is 0.171. The lowest BCUT2D eigenvalue weighted by Gasteiger charge is -2.22. The summed E-state index contributed by atoms with van der Waals surface area (Å²) in [5.74, 6) is 1.67. The van der Waals surface area contributed by atoms with Gasteiger partial charge < -0.3 is 14.8 Å². The lowest BCUT2D eigenvalue weighted by atomic mass is 9.95. The highest BCUT2D eigenvalue weighted by molar-refractivity contribution is 5.47. The van der Waals surface area contributed by atoms with Crippen molar-refractivity contribution < 1.29 is 9.47 Å². The zero-order chi connectivity index (χ0) is 14.8. The van der Waals surface area contributed by atoms with Crippen LogP contribution in [0.5, 0.6) is 11.5 Å². The first-order chi connectivity index (χ1) is 10.2. The van der Waals surface area contributed by atoms with Crippen molar-refractivity contribution >= 4 is 0 Å². The van der Waals surface area contributed by atoms with E-state index in [0.29, 0.717) is 13.2 Å². The van der Waals surface area contributed by atoms with Crippen molar-refractivity contribution in [1.29, 1.82) is 0 Å². The molecule has 1 unspecified atom stereocenters. The SMILES string of the molecule is CNC(c1ccc(C)c(C)c1)c1ccc2c(c1)OCCO2. The number of nitrogens with one attached hydrogen (secondary N) is 1. The van der Waals surface area contributed by atoms with Crippen molar-refractivity contribution in [2.45, 2.75) is 19.9 Å². The van der Waals surface area contributed by atoms with Gasteiger partial charge in [0.1, 0.15) is 13.2 Å². The molecule has 110 valence electrons. The Balaban J connectivity index is 1.97. The van der Waals surface area contributed by atoms with Crippen molar-refractivity contribution in [3.05, 3.63) is 58.7 Å². The molecule has 1 atom stereocenters. The number of ether oxygens (including phenoxy) is 2. The van der Waals surface area contributed by atoms with Crippen LogP contribution >= 0.6 is 0 Å². The van der Waals surface area contributed by atoms with Crippen LogP contribution in [0.25, 0.3) is 0 Å². The molecule has 3 nitrogen and oxygen atoms in total. The van der Waals surface area contributed by atoms with Gasteiger partial charge in [0, 0.05) is 0 Å². The third-order valence-corrected chi connectivity index (χ3v) is 4.05. The summed E-state index contributed by atoms with van der Waals surface area (Å²) in [6, 6.07) is 12.9. The molecule has 1 aliphatic heterocycles. The van der Waals surface area contributed by atoms with Crippen LogP contribution in [0.4, 0.5) is 0 Å². The third kappa shape index (κ3) is 2.74. The molecular weight excluding hydrogens is 262 g/mol. The number of hydrogen-bond donors (Lipinski definition) is 1. The van der Waals surface area contributed by atoms with Crippen molar-refractivity contribution in [2.75, 3.05) is 20.3 Å². The monoisotopic (exact) mass is 283 g/mol. The van der Waals surface area contributed by atoms with E-state index in [4.69, 9.17) is 9.47 Å². The number of aryl methyl sites for hydroxylation is 2. The van der Waals surface area contributed by atoms with Crippen molar-refractivity contribution in [2.24, 2.45) is 0 Å². The summed E-state index contributed by atoms with van der Waals surface area (Å²) in [5.41, 5.74) is 5.07. The Bertz CT molecular complexity index is 652. The summed E-state index contributed by atoms with van der Waals surface area (Å²) in [4.78, 5) is 0. The molecule has 3 rings (SSSR count). The summed E-state index contributed by atoms with van der Waals surface area (Å²) >= 11 is 0. The molecule has 2 aromatic rings. The van der Waals surface area contributed by atoms with Crippen molar-refractivity contribution in [3.8, 4) is 11.5 Å². The van der Waals surface area contributed by atoms with Crippen LogP contribution in [0.15, 0.2) is 36.4 Å². The number of hydrogen-bond acceptors (Lipinski definition) is 3. The Morgan fingerprint density at radius 1 is 0.857 bits per heavy atom. The van der Waals surface area contributed by atoms with E-state index in [1.807, 2.05) is 13.1 Å². The van der Waals surface area contributed by atoms with Gasteiger partial charge >= 0.3 is 0 Å². The van der Waals surface area contributed by atoms with Gasteiger partial charge in [0.25, 0.3) is 0 Å². The third-order valence-electron chi connectivity index (χ3n) is 4.05. The predicted molar refractivity (Wildman–Crippen MR) is 84.3 cm³/mol. The molecule has 21 heavy (non-hydrogen) atoms.